The molecule has 0 fully saturated rings. The summed E-state index contributed by atoms with van der Waals surface area (Å²) in [6.45, 7) is 1.89. The van der Waals surface area contributed by atoms with Gasteiger partial charge in [-0.15, -0.1) is 0 Å². The van der Waals surface area contributed by atoms with Gasteiger partial charge in [-0.2, -0.15) is 0 Å². The molecule has 2 N–H and O–H groups in total. The summed E-state index contributed by atoms with van der Waals surface area (Å²) in [7, 11) is 0. The van der Waals surface area contributed by atoms with Crippen LogP contribution in [-0.4, -0.2) is 11.1 Å². The van der Waals surface area contributed by atoms with Gasteiger partial charge in [0.1, 0.15) is 0 Å². The lowest BCUT2D eigenvalue weighted by Crippen LogP contribution is -2.03. The number of anilines is 2. The minimum absolute atomic E-state index is 0.205. The number of carboxylic acid groups (broad SMARTS) is 1. The molecule has 0 radical (unpaired) electrons. The number of nitrogens with one attached hydrogen (secondary N) is 1. The van der Waals surface area contributed by atoms with E-state index in [-0.39, 0.29) is 5.56 Å². The van der Waals surface area contributed by atoms with Gasteiger partial charge in [-0.3, -0.25) is 0 Å². The molecule has 0 aliphatic rings. The van der Waals surface area contributed by atoms with E-state index in [0.29, 0.717) is 21.4 Å². The van der Waals surface area contributed by atoms with Crippen LogP contribution in [0.15, 0.2) is 36.4 Å². The second-order valence-electron chi connectivity index (χ2n) is 4.11. The summed E-state index contributed by atoms with van der Waals surface area (Å²) in [5, 5.41) is 13.1. The van der Waals surface area contributed by atoms with E-state index in [9.17, 15) is 4.79 Å². The van der Waals surface area contributed by atoms with E-state index in [4.69, 9.17) is 28.3 Å². The maximum absolute atomic E-state index is 11.2. The molecule has 19 heavy (non-hydrogen) atoms. The van der Waals surface area contributed by atoms with Gasteiger partial charge in [-0.05, 0) is 42.8 Å². The van der Waals surface area contributed by atoms with Crippen molar-refractivity contribution < 1.29 is 9.90 Å². The largest absolute Gasteiger partial charge is 0.478 e. The van der Waals surface area contributed by atoms with Crippen LogP contribution >= 0.6 is 23.2 Å². The number of carboxylic acids is 1. The maximum Gasteiger partial charge on any atom is 0.337 e. The van der Waals surface area contributed by atoms with Crippen LogP contribution in [0.2, 0.25) is 10.0 Å². The number of benzene rings is 2. The van der Waals surface area contributed by atoms with Gasteiger partial charge in [0.25, 0.3) is 0 Å². The highest BCUT2D eigenvalue weighted by molar-refractivity contribution is 6.42. The Morgan fingerprint density at radius 1 is 1.11 bits per heavy atom. The molecule has 2 aromatic carbocycles. The average Bonchev–Trinajstić information content (AvgIpc) is 2.33. The third-order valence-electron chi connectivity index (χ3n) is 2.60. The molecule has 3 nitrogen and oxygen atoms in total. The summed E-state index contributed by atoms with van der Waals surface area (Å²) in [5.41, 5.74) is 2.37. The summed E-state index contributed by atoms with van der Waals surface area (Å²) in [5.74, 6) is -0.984. The summed E-state index contributed by atoms with van der Waals surface area (Å²) in [4.78, 5) is 11.2. The van der Waals surface area contributed by atoms with E-state index in [1.165, 1.54) is 0 Å². The quantitative estimate of drug-likeness (QED) is 0.859. The minimum atomic E-state index is -0.984. The van der Waals surface area contributed by atoms with Crippen molar-refractivity contribution in [3.63, 3.8) is 0 Å². The van der Waals surface area contributed by atoms with Crippen molar-refractivity contribution in [2.75, 3.05) is 5.32 Å². The first-order valence-corrected chi connectivity index (χ1v) is 6.29. The molecule has 2 rings (SSSR count). The topological polar surface area (TPSA) is 49.3 Å². The SMILES string of the molecule is Cc1ccc(C(=O)O)c(Nc2ccc(Cl)c(Cl)c2)c1. The fraction of sp³-hybridized carbons (Fsp3) is 0.0714. The fourth-order valence-corrected chi connectivity index (χ4v) is 1.98. The molecule has 0 saturated heterocycles. The number of hydrogen-bond acceptors (Lipinski definition) is 2. The van der Waals surface area contributed by atoms with E-state index in [2.05, 4.69) is 5.32 Å². The van der Waals surface area contributed by atoms with Gasteiger partial charge >= 0.3 is 5.97 Å². The molecule has 5 heteroatoms. The summed E-state index contributed by atoms with van der Waals surface area (Å²) in [6.07, 6.45) is 0. The van der Waals surface area contributed by atoms with E-state index >= 15 is 0 Å². The number of halogens is 2. The van der Waals surface area contributed by atoms with E-state index in [1.807, 2.05) is 6.92 Å². The molecule has 0 aromatic heterocycles. The van der Waals surface area contributed by atoms with E-state index in [1.54, 1.807) is 36.4 Å². The average molecular weight is 296 g/mol. The summed E-state index contributed by atoms with van der Waals surface area (Å²) in [6, 6.07) is 10.1. The molecule has 0 aliphatic carbocycles. The molecule has 0 amide bonds. The van der Waals surface area contributed by atoms with Gasteiger partial charge in [-0.25, -0.2) is 4.79 Å². The Morgan fingerprint density at radius 2 is 1.84 bits per heavy atom. The monoisotopic (exact) mass is 295 g/mol. The third-order valence-corrected chi connectivity index (χ3v) is 3.34. The lowest BCUT2D eigenvalue weighted by Gasteiger charge is -2.11. The van der Waals surface area contributed by atoms with E-state index < -0.39 is 5.97 Å². The molecule has 2 aromatic rings. The van der Waals surface area contributed by atoms with Crippen LogP contribution in [0.25, 0.3) is 0 Å². The zero-order chi connectivity index (χ0) is 14.0. The Kier molecular flexibility index (Phi) is 3.98. The standard InChI is InChI=1S/C14H11Cl2NO2/c1-8-2-4-10(14(18)19)13(6-8)17-9-3-5-11(15)12(16)7-9/h2-7,17H,1H3,(H,18,19). The Labute approximate surface area is 120 Å². The van der Waals surface area contributed by atoms with Crippen molar-refractivity contribution in [3.05, 3.63) is 57.6 Å². The first-order chi connectivity index (χ1) is 8.97. The van der Waals surface area contributed by atoms with Crippen LogP contribution in [0.5, 0.6) is 0 Å². The number of aromatic carboxylic acids is 1. The van der Waals surface area contributed by atoms with Crippen molar-refractivity contribution in [3.8, 4) is 0 Å². The highest BCUT2D eigenvalue weighted by atomic mass is 35.5. The number of rotatable bonds is 3. The van der Waals surface area contributed by atoms with E-state index in [0.717, 1.165) is 5.56 Å². The molecule has 98 valence electrons. The number of carbonyl (C=O) groups is 1. The van der Waals surface area contributed by atoms with Gasteiger partial charge in [0.05, 0.1) is 21.3 Å². The number of aryl methyl sites for hydroxylation is 1. The second-order valence-corrected chi connectivity index (χ2v) is 4.92. The molecular weight excluding hydrogens is 285 g/mol. The molecule has 0 atom stereocenters. The Hall–Kier alpha value is -1.71. The molecule has 0 spiro atoms. The van der Waals surface area contributed by atoms with Crippen molar-refractivity contribution >= 4 is 40.5 Å². The highest BCUT2D eigenvalue weighted by Crippen LogP contribution is 2.28. The predicted octanol–water partition coefficient (Wildman–Crippen LogP) is 4.74. The van der Waals surface area contributed by atoms with Crippen LogP contribution in [0.3, 0.4) is 0 Å². The fourth-order valence-electron chi connectivity index (χ4n) is 1.68. The Balaban J connectivity index is 2.39. The molecule has 0 heterocycles. The zero-order valence-electron chi connectivity index (χ0n) is 10.1. The molecular formula is C14H11Cl2NO2. The van der Waals surface area contributed by atoms with Gasteiger partial charge in [-0.1, -0.05) is 29.3 Å². The lowest BCUT2D eigenvalue weighted by atomic mass is 10.1. The number of hydrogen-bond donors (Lipinski definition) is 2. The highest BCUT2D eigenvalue weighted by Gasteiger charge is 2.10. The van der Waals surface area contributed by atoms with Gasteiger partial charge in [0, 0.05) is 5.69 Å². The second kappa shape index (κ2) is 5.51. The van der Waals surface area contributed by atoms with Gasteiger partial charge < -0.3 is 10.4 Å². The lowest BCUT2D eigenvalue weighted by molar-refractivity contribution is 0.0698. The van der Waals surface area contributed by atoms with Crippen molar-refractivity contribution in [1.82, 2.24) is 0 Å². The van der Waals surface area contributed by atoms with Crippen molar-refractivity contribution in [2.45, 2.75) is 6.92 Å². The molecule has 0 aliphatic heterocycles. The molecule has 0 bridgehead atoms. The minimum Gasteiger partial charge on any atom is -0.478 e. The van der Waals surface area contributed by atoms with Crippen LogP contribution in [0.1, 0.15) is 15.9 Å². The Bertz CT molecular complexity index is 641. The first kappa shape index (κ1) is 13.7. The third kappa shape index (κ3) is 3.19. The smallest absolute Gasteiger partial charge is 0.337 e. The summed E-state index contributed by atoms with van der Waals surface area (Å²) < 4.78 is 0. The van der Waals surface area contributed by atoms with Crippen LogP contribution < -0.4 is 5.32 Å². The summed E-state index contributed by atoms with van der Waals surface area (Å²) >= 11 is 11.8. The van der Waals surface area contributed by atoms with Crippen molar-refractivity contribution in [2.24, 2.45) is 0 Å². The molecule has 0 saturated carbocycles. The molecule has 0 unspecified atom stereocenters. The maximum atomic E-state index is 11.2. The van der Waals surface area contributed by atoms with Crippen molar-refractivity contribution in [1.29, 1.82) is 0 Å². The van der Waals surface area contributed by atoms with Gasteiger partial charge in [0.2, 0.25) is 0 Å². The first-order valence-electron chi connectivity index (χ1n) is 5.53. The Morgan fingerprint density at radius 3 is 2.47 bits per heavy atom. The zero-order valence-corrected chi connectivity index (χ0v) is 11.6. The predicted molar refractivity (Wildman–Crippen MR) is 77.9 cm³/mol. The van der Waals surface area contributed by atoms with Crippen LogP contribution in [0, 0.1) is 6.92 Å². The van der Waals surface area contributed by atoms with Crippen LogP contribution in [-0.2, 0) is 0 Å². The van der Waals surface area contributed by atoms with Gasteiger partial charge in [0.15, 0.2) is 0 Å². The van der Waals surface area contributed by atoms with Crippen LogP contribution in [0.4, 0.5) is 11.4 Å². The normalized spacial score (nSPS) is 10.3.